The number of unbranched alkanes of at least 4 members (excludes halogenated alkanes) is 1. The van der Waals surface area contributed by atoms with Crippen molar-refractivity contribution in [3.05, 3.63) is 15.8 Å². The van der Waals surface area contributed by atoms with Gasteiger partial charge < -0.3 is 9.84 Å². The second-order valence-electron chi connectivity index (χ2n) is 2.97. The molecule has 0 radical (unpaired) electrons. The summed E-state index contributed by atoms with van der Waals surface area (Å²) in [4.78, 5) is 11.9. The normalized spacial score (nSPS) is 9.60. The van der Waals surface area contributed by atoms with Crippen molar-refractivity contribution in [2.45, 2.75) is 19.8 Å². The number of hydrogen-bond acceptors (Lipinski definition) is 4. The van der Waals surface area contributed by atoms with E-state index in [1.54, 1.807) is 6.07 Å². The minimum absolute atomic E-state index is 0.226. The molecule has 80 valence electrons. The molecule has 0 aromatic carbocycles. The number of nitriles is 1. The molecule has 0 aliphatic carbocycles. The number of carboxylic acid groups (broad SMARTS) is 1. The average molecular weight is 225 g/mol. The van der Waals surface area contributed by atoms with Crippen LogP contribution in [0.3, 0.4) is 0 Å². The number of nitrogens with zero attached hydrogens (tertiary/aromatic N) is 1. The van der Waals surface area contributed by atoms with Crippen molar-refractivity contribution in [1.82, 2.24) is 0 Å². The number of carbonyl (C=O) groups is 1. The standard InChI is InChI=1S/C10H11NO3S/c1-7-6-8(9(15-7)10(12)13)14-5-3-2-4-11/h6H,2-3,5H2,1H3,(H,12,13). The first kappa shape index (κ1) is 11.5. The molecule has 0 fully saturated rings. The van der Waals surface area contributed by atoms with Crippen LogP contribution >= 0.6 is 11.3 Å². The van der Waals surface area contributed by atoms with Gasteiger partial charge in [0.25, 0.3) is 0 Å². The Bertz CT molecular complexity index is 392. The predicted octanol–water partition coefficient (Wildman–Crippen LogP) is 2.44. The molecular weight excluding hydrogens is 214 g/mol. The maximum atomic E-state index is 10.8. The SMILES string of the molecule is Cc1cc(OCCCC#N)c(C(=O)O)s1. The van der Waals surface area contributed by atoms with Gasteiger partial charge in [0.1, 0.15) is 5.75 Å². The van der Waals surface area contributed by atoms with E-state index in [-0.39, 0.29) is 4.88 Å². The highest BCUT2D eigenvalue weighted by Crippen LogP contribution is 2.28. The van der Waals surface area contributed by atoms with E-state index in [0.29, 0.717) is 25.2 Å². The number of carboxylic acids is 1. The lowest BCUT2D eigenvalue weighted by atomic mass is 10.3. The average Bonchev–Trinajstić information content (AvgIpc) is 2.55. The van der Waals surface area contributed by atoms with Crippen LogP contribution in [0.25, 0.3) is 0 Å². The number of rotatable bonds is 5. The number of ether oxygens (including phenoxy) is 1. The summed E-state index contributed by atoms with van der Waals surface area (Å²) in [6.45, 7) is 2.21. The third-order valence-electron chi connectivity index (χ3n) is 1.71. The topological polar surface area (TPSA) is 70.3 Å². The first-order valence-electron chi connectivity index (χ1n) is 4.48. The maximum absolute atomic E-state index is 10.8. The highest BCUT2D eigenvalue weighted by atomic mass is 32.1. The molecular formula is C10H11NO3S. The Balaban J connectivity index is 2.60. The zero-order chi connectivity index (χ0) is 11.3. The van der Waals surface area contributed by atoms with Gasteiger partial charge in [0.05, 0.1) is 12.7 Å². The molecule has 0 saturated carbocycles. The van der Waals surface area contributed by atoms with Crippen molar-refractivity contribution < 1.29 is 14.6 Å². The fourth-order valence-corrected chi connectivity index (χ4v) is 1.87. The van der Waals surface area contributed by atoms with Gasteiger partial charge in [0.15, 0.2) is 4.88 Å². The molecule has 4 nitrogen and oxygen atoms in total. The van der Waals surface area contributed by atoms with Crippen molar-refractivity contribution in [1.29, 1.82) is 5.26 Å². The molecule has 0 saturated heterocycles. The second kappa shape index (κ2) is 5.37. The molecule has 0 aliphatic heterocycles. The zero-order valence-electron chi connectivity index (χ0n) is 8.32. The summed E-state index contributed by atoms with van der Waals surface area (Å²) in [7, 11) is 0. The van der Waals surface area contributed by atoms with Gasteiger partial charge >= 0.3 is 5.97 Å². The minimum Gasteiger partial charge on any atom is -0.492 e. The molecule has 0 spiro atoms. The molecule has 1 N–H and O–H groups in total. The highest BCUT2D eigenvalue weighted by Gasteiger charge is 2.14. The van der Waals surface area contributed by atoms with Crippen LogP contribution in [0.4, 0.5) is 0 Å². The lowest BCUT2D eigenvalue weighted by Gasteiger charge is -2.02. The third kappa shape index (κ3) is 3.26. The summed E-state index contributed by atoms with van der Waals surface area (Å²) < 4.78 is 5.30. The van der Waals surface area contributed by atoms with Gasteiger partial charge in [-0.15, -0.1) is 11.3 Å². The molecule has 5 heteroatoms. The first-order valence-corrected chi connectivity index (χ1v) is 5.30. The number of thiophene rings is 1. The molecule has 0 amide bonds. The Morgan fingerprint density at radius 1 is 1.73 bits per heavy atom. The molecule has 1 rings (SSSR count). The number of aryl methyl sites for hydroxylation is 1. The Hall–Kier alpha value is -1.54. The molecule has 1 aromatic rings. The van der Waals surface area contributed by atoms with Crippen LogP contribution in [0.1, 0.15) is 27.4 Å². The van der Waals surface area contributed by atoms with Gasteiger partial charge in [-0.2, -0.15) is 5.26 Å². The van der Waals surface area contributed by atoms with Gasteiger partial charge in [0, 0.05) is 11.3 Å². The zero-order valence-corrected chi connectivity index (χ0v) is 9.13. The summed E-state index contributed by atoms with van der Waals surface area (Å²) in [6, 6.07) is 3.71. The van der Waals surface area contributed by atoms with E-state index in [2.05, 4.69) is 0 Å². The number of aromatic carboxylic acids is 1. The Labute approximate surface area is 91.7 Å². The van der Waals surface area contributed by atoms with Crippen LogP contribution < -0.4 is 4.74 Å². The van der Waals surface area contributed by atoms with E-state index in [0.717, 1.165) is 4.88 Å². The monoisotopic (exact) mass is 225 g/mol. The van der Waals surface area contributed by atoms with Gasteiger partial charge in [0.2, 0.25) is 0 Å². The fraction of sp³-hybridized carbons (Fsp3) is 0.400. The Kier molecular flexibility index (Phi) is 4.13. The van der Waals surface area contributed by atoms with Gasteiger partial charge in [-0.25, -0.2) is 4.79 Å². The molecule has 0 bridgehead atoms. The summed E-state index contributed by atoms with van der Waals surface area (Å²) in [5.74, 6) is -0.564. The quantitative estimate of drug-likeness (QED) is 0.781. The molecule has 0 aliphatic rings. The van der Waals surface area contributed by atoms with Crippen molar-refractivity contribution in [2.24, 2.45) is 0 Å². The smallest absolute Gasteiger partial charge is 0.349 e. The van der Waals surface area contributed by atoms with Crippen LogP contribution in [0.2, 0.25) is 0 Å². The van der Waals surface area contributed by atoms with Gasteiger partial charge in [-0.05, 0) is 19.4 Å². The molecule has 0 unspecified atom stereocenters. The third-order valence-corrected chi connectivity index (χ3v) is 2.73. The van der Waals surface area contributed by atoms with Crippen LogP contribution in [-0.2, 0) is 0 Å². The van der Waals surface area contributed by atoms with E-state index in [1.165, 1.54) is 11.3 Å². The minimum atomic E-state index is -0.969. The summed E-state index contributed by atoms with van der Waals surface area (Å²) in [5, 5.41) is 17.2. The van der Waals surface area contributed by atoms with E-state index >= 15 is 0 Å². The Morgan fingerprint density at radius 2 is 2.47 bits per heavy atom. The van der Waals surface area contributed by atoms with Crippen molar-refractivity contribution in [3.8, 4) is 11.8 Å². The molecule has 1 heterocycles. The van der Waals surface area contributed by atoms with E-state index in [1.807, 2.05) is 13.0 Å². The lowest BCUT2D eigenvalue weighted by molar-refractivity contribution is 0.0698. The van der Waals surface area contributed by atoms with Crippen LogP contribution in [-0.4, -0.2) is 17.7 Å². The molecule has 0 atom stereocenters. The summed E-state index contributed by atoms with van der Waals surface area (Å²) in [6.07, 6.45) is 1.04. The number of hydrogen-bond donors (Lipinski definition) is 1. The van der Waals surface area contributed by atoms with Crippen LogP contribution in [0.15, 0.2) is 6.07 Å². The van der Waals surface area contributed by atoms with E-state index in [4.69, 9.17) is 15.1 Å². The largest absolute Gasteiger partial charge is 0.492 e. The molecule has 1 aromatic heterocycles. The first-order chi connectivity index (χ1) is 7.15. The maximum Gasteiger partial charge on any atom is 0.349 e. The second-order valence-corrected chi connectivity index (χ2v) is 4.22. The van der Waals surface area contributed by atoms with Gasteiger partial charge in [-0.1, -0.05) is 0 Å². The van der Waals surface area contributed by atoms with Crippen molar-refractivity contribution >= 4 is 17.3 Å². The van der Waals surface area contributed by atoms with Crippen molar-refractivity contribution in [3.63, 3.8) is 0 Å². The summed E-state index contributed by atoms with van der Waals surface area (Å²) >= 11 is 1.20. The predicted molar refractivity (Wildman–Crippen MR) is 56.4 cm³/mol. The Morgan fingerprint density at radius 3 is 3.07 bits per heavy atom. The fourth-order valence-electron chi connectivity index (χ4n) is 1.08. The highest BCUT2D eigenvalue weighted by molar-refractivity contribution is 7.14. The van der Waals surface area contributed by atoms with Crippen molar-refractivity contribution in [2.75, 3.05) is 6.61 Å². The van der Waals surface area contributed by atoms with Gasteiger partial charge in [-0.3, -0.25) is 0 Å². The van der Waals surface area contributed by atoms with Crippen LogP contribution in [0, 0.1) is 18.3 Å². The van der Waals surface area contributed by atoms with E-state index < -0.39 is 5.97 Å². The van der Waals surface area contributed by atoms with E-state index in [9.17, 15) is 4.79 Å². The lowest BCUT2D eigenvalue weighted by Crippen LogP contribution is -2.01. The molecule has 15 heavy (non-hydrogen) atoms. The summed E-state index contributed by atoms with van der Waals surface area (Å²) in [5.41, 5.74) is 0. The van der Waals surface area contributed by atoms with Crippen LogP contribution in [0.5, 0.6) is 5.75 Å².